The van der Waals surface area contributed by atoms with Gasteiger partial charge in [-0.05, 0) is 30.5 Å². The SMILES string of the molecule is O=C1[C@H]2CC[C@H](CN(Cc3ccncc3)C2)N1Cc1cscn1. The molecule has 0 unspecified atom stereocenters. The fraction of sp³-hybridized carbons (Fsp3) is 0.471. The van der Waals surface area contributed by atoms with Crippen LogP contribution in [-0.4, -0.2) is 44.8 Å². The number of rotatable bonds is 4. The number of thiazole rings is 1. The molecular formula is C17H20N4OS. The molecule has 0 aliphatic carbocycles. The lowest BCUT2D eigenvalue weighted by Gasteiger charge is -2.35. The van der Waals surface area contributed by atoms with Crippen molar-refractivity contribution in [3.8, 4) is 0 Å². The van der Waals surface area contributed by atoms with Crippen molar-refractivity contribution in [2.24, 2.45) is 5.92 Å². The second-order valence-electron chi connectivity index (χ2n) is 6.42. The summed E-state index contributed by atoms with van der Waals surface area (Å²) in [4.78, 5) is 25.7. The Hall–Kier alpha value is -1.79. The van der Waals surface area contributed by atoms with Gasteiger partial charge < -0.3 is 4.90 Å². The predicted octanol–water partition coefficient (Wildman–Crippen LogP) is 2.16. The third-order valence-electron chi connectivity index (χ3n) is 4.84. The van der Waals surface area contributed by atoms with Crippen molar-refractivity contribution in [2.45, 2.75) is 32.0 Å². The predicted molar refractivity (Wildman–Crippen MR) is 88.7 cm³/mol. The smallest absolute Gasteiger partial charge is 0.227 e. The summed E-state index contributed by atoms with van der Waals surface area (Å²) in [5.74, 6) is 0.445. The van der Waals surface area contributed by atoms with Gasteiger partial charge in [0.25, 0.3) is 0 Å². The van der Waals surface area contributed by atoms with E-state index in [2.05, 4.69) is 31.9 Å². The minimum Gasteiger partial charge on any atom is -0.332 e. The molecule has 0 radical (unpaired) electrons. The zero-order valence-electron chi connectivity index (χ0n) is 13.0. The zero-order valence-corrected chi connectivity index (χ0v) is 13.8. The summed E-state index contributed by atoms with van der Waals surface area (Å²) in [6, 6.07) is 4.42. The van der Waals surface area contributed by atoms with Crippen molar-refractivity contribution in [1.82, 2.24) is 19.8 Å². The average Bonchev–Trinajstić information content (AvgIpc) is 2.95. The lowest BCUT2D eigenvalue weighted by Crippen LogP contribution is -2.47. The van der Waals surface area contributed by atoms with Gasteiger partial charge in [-0.25, -0.2) is 4.98 Å². The Balaban J connectivity index is 1.50. The number of fused-ring (bicyclic) bond motifs is 4. The number of hydrogen-bond acceptors (Lipinski definition) is 5. The van der Waals surface area contributed by atoms with E-state index in [9.17, 15) is 4.79 Å². The molecule has 0 N–H and O–H groups in total. The third-order valence-corrected chi connectivity index (χ3v) is 5.48. The van der Waals surface area contributed by atoms with Gasteiger partial charge in [-0.2, -0.15) is 0 Å². The molecule has 3 fully saturated rings. The molecule has 5 rings (SSSR count). The highest BCUT2D eigenvalue weighted by atomic mass is 32.1. The van der Waals surface area contributed by atoms with E-state index in [4.69, 9.17) is 0 Å². The molecule has 0 aromatic carbocycles. The lowest BCUT2D eigenvalue weighted by molar-refractivity contribution is -0.140. The number of carbonyl (C=O) groups excluding carboxylic acids is 1. The van der Waals surface area contributed by atoms with Gasteiger partial charge in [0.15, 0.2) is 0 Å². The minimum atomic E-state index is 0.134. The molecule has 2 aromatic rings. The van der Waals surface area contributed by atoms with Crippen molar-refractivity contribution in [1.29, 1.82) is 0 Å². The first-order valence-corrected chi connectivity index (χ1v) is 9.02. The lowest BCUT2D eigenvalue weighted by atomic mass is 9.94. The van der Waals surface area contributed by atoms with Crippen molar-refractivity contribution >= 4 is 17.2 Å². The highest BCUT2D eigenvalue weighted by Gasteiger charge is 2.40. The largest absolute Gasteiger partial charge is 0.332 e. The summed E-state index contributed by atoms with van der Waals surface area (Å²) < 4.78 is 0. The van der Waals surface area contributed by atoms with Gasteiger partial charge >= 0.3 is 0 Å². The Morgan fingerprint density at radius 2 is 2.04 bits per heavy atom. The van der Waals surface area contributed by atoms with Crippen LogP contribution in [0, 0.1) is 5.92 Å². The molecule has 2 atom stereocenters. The maximum absolute atomic E-state index is 12.8. The summed E-state index contributed by atoms with van der Waals surface area (Å²) >= 11 is 1.59. The van der Waals surface area contributed by atoms with E-state index in [-0.39, 0.29) is 5.92 Å². The first-order chi connectivity index (χ1) is 11.3. The van der Waals surface area contributed by atoms with E-state index in [1.165, 1.54) is 5.56 Å². The van der Waals surface area contributed by atoms with Gasteiger partial charge in [0.1, 0.15) is 0 Å². The maximum Gasteiger partial charge on any atom is 0.227 e. The fourth-order valence-corrected chi connectivity index (χ4v) is 4.25. The van der Waals surface area contributed by atoms with Crippen LogP contribution in [0.5, 0.6) is 0 Å². The van der Waals surface area contributed by atoms with E-state index in [1.807, 2.05) is 23.3 Å². The van der Waals surface area contributed by atoms with E-state index in [0.717, 1.165) is 38.2 Å². The van der Waals surface area contributed by atoms with Crippen molar-refractivity contribution < 1.29 is 4.79 Å². The second-order valence-corrected chi connectivity index (χ2v) is 7.14. The number of carbonyl (C=O) groups is 1. The molecule has 0 saturated carbocycles. The van der Waals surface area contributed by atoms with Gasteiger partial charge in [0, 0.05) is 43.4 Å². The summed E-state index contributed by atoms with van der Waals surface area (Å²) in [5.41, 5.74) is 4.11. The van der Waals surface area contributed by atoms with Gasteiger partial charge in [-0.1, -0.05) is 0 Å². The summed E-state index contributed by atoms with van der Waals surface area (Å²) in [5, 5.41) is 2.04. The molecular weight excluding hydrogens is 308 g/mol. The standard InChI is InChI=1S/C17H20N4OS/c22-17-14-1-2-16(21(17)9-15-11-23-12-19-15)10-20(8-14)7-13-3-5-18-6-4-13/h3-6,11-12,14,16H,1-2,7-10H2/t14-,16+/m0/s1. The molecule has 3 aliphatic rings. The fourth-order valence-electron chi connectivity index (χ4n) is 3.70. The Morgan fingerprint density at radius 3 is 2.83 bits per heavy atom. The molecule has 2 aromatic heterocycles. The minimum absolute atomic E-state index is 0.134. The highest BCUT2D eigenvalue weighted by molar-refractivity contribution is 7.07. The number of nitrogens with zero attached hydrogens (tertiary/aromatic N) is 4. The molecule has 3 aliphatic heterocycles. The Labute approximate surface area is 140 Å². The van der Waals surface area contributed by atoms with Crippen molar-refractivity contribution in [3.63, 3.8) is 0 Å². The number of pyridine rings is 1. The van der Waals surface area contributed by atoms with Crippen LogP contribution in [0.15, 0.2) is 35.4 Å². The summed E-state index contributed by atoms with van der Waals surface area (Å²) in [6.45, 7) is 3.37. The first kappa shape index (κ1) is 14.8. The Bertz CT molecular complexity index is 660. The van der Waals surface area contributed by atoms with Crippen LogP contribution in [0.4, 0.5) is 0 Å². The van der Waals surface area contributed by atoms with E-state index in [1.54, 1.807) is 11.3 Å². The zero-order chi connectivity index (χ0) is 15.6. The van der Waals surface area contributed by atoms with Crippen LogP contribution in [0.1, 0.15) is 24.1 Å². The summed E-state index contributed by atoms with van der Waals surface area (Å²) in [6.07, 6.45) is 5.79. The molecule has 0 spiro atoms. The summed E-state index contributed by atoms with van der Waals surface area (Å²) in [7, 11) is 0. The van der Waals surface area contributed by atoms with Crippen molar-refractivity contribution in [3.05, 3.63) is 46.7 Å². The molecule has 2 bridgehead atoms. The molecule has 3 saturated heterocycles. The molecule has 23 heavy (non-hydrogen) atoms. The quantitative estimate of drug-likeness (QED) is 0.863. The van der Waals surface area contributed by atoms with Crippen LogP contribution < -0.4 is 0 Å². The number of aromatic nitrogens is 2. The molecule has 1 amide bonds. The monoisotopic (exact) mass is 328 g/mol. The van der Waals surface area contributed by atoms with Crippen LogP contribution in [0.3, 0.4) is 0 Å². The molecule has 6 heteroatoms. The van der Waals surface area contributed by atoms with Crippen molar-refractivity contribution in [2.75, 3.05) is 13.1 Å². The Morgan fingerprint density at radius 1 is 1.17 bits per heavy atom. The topological polar surface area (TPSA) is 49.3 Å². The van der Waals surface area contributed by atoms with Gasteiger partial charge in [0.05, 0.1) is 23.7 Å². The van der Waals surface area contributed by atoms with Crippen LogP contribution in [-0.2, 0) is 17.9 Å². The van der Waals surface area contributed by atoms with Gasteiger partial charge in [-0.3, -0.25) is 14.7 Å². The maximum atomic E-state index is 12.8. The molecule has 5 heterocycles. The number of amides is 1. The normalized spacial score (nSPS) is 24.9. The average molecular weight is 328 g/mol. The number of piperidine rings is 1. The van der Waals surface area contributed by atoms with Crippen LogP contribution in [0.2, 0.25) is 0 Å². The second kappa shape index (κ2) is 6.37. The van der Waals surface area contributed by atoms with Gasteiger partial charge in [0.2, 0.25) is 5.91 Å². The Kier molecular flexibility index (Phi) is 4.10. The molecule has 120 valence electrons. The number of hydrogen-bond donors (Lipinski definition) is 0. The van der Waals surface area contributed by atoms with Crippen LogP contribution >= 0.6 is 11.3 Å². The van der Waals surface area contributed by atoms with E-state index in [0.29, 0.717) is 18.5 Å². The highest BCUT2D eigenvalue weighted by Crippen LogP contribution is 2.31. The van der Waals surface area contributed by atoms with E-state index < -0.39 is 0 Å². The molecule has 5 nitrogen and oxygen atoms in total. The van der Waals surface area contributed by atoms with Gasteiger partial charge in [-0.15, -0.1) is 11.3 Å². The van der Waals surface area contributed by atoms with Crippen LogP contribution in [0.25, 0.3) is 0 Å². The van der Waals surface area contributed by atoms with E-state index >= 15 is 0 Å². The first-order valence-electron chi connectivity index (χ1n) is 8.08. The third kappa shape index (κ3) is 3.14.